The summed E-state index contributed by atoms with van der Waals surface area (Å²) in [6.45, 7) is 3.13. The van der Waals surface area contributed by atoms with Crippen molar-refractivity contribution in [3.05, 3.63) is 48.0 Å². The summed E-state index contributed by atoms with van der Waals surface area (Å²) in [6.07, 6.45) is 0.363. The Balaban J connectivity index is 1.61. The molecular formula is C19H20N2O3. The van der Waals surface area contributed by atoms with Gasteiger partial charge in [-0.1, -0.05) is 18.2 Å². The van der Waals surface area contributed by atoms with E-state index in [9.17, 15) is 4.79 Å². The van der Waals surface area contributed by atoms with Crippen molar-refractivity contribution in [1.82, 2.24) is 0 Å². The number of carbonyl (C=O) groups excluding carboxylic acids is 1. The molecule has 4 rings (SSSR count). The number of benzene rings is 2. The molecule has 0 spiro atoms. The minimum absolute atomic E-state index is 0.0990. The van der Waals surface area contributed by atoms with Gasteiger partial charge in [-0.3, -0.25) is 4.79 Å². The maximum Gasteiger partial charge on any atom is 0.231 e. The molecule has 5 nitrogen and oxygen atoms in total. The van der Waals surface area contributed by atoms with Gasteiger partial charge in [0.15, 0.2) is 0 Å². The fourth-order valence-electron chi connectivity index (χ4n) is 3.42. The van der Waals surface area contributed by atoms with Crippen LogP contribution in [-0.4, -0.2) is 39.3 Å². The minimum Gasteiger partial charge on any atom is -0.497 e. The molecule has 0 atom stereocenters. The molecule has 0 unspecified atom stereocenters. The van der Waals surface area contributed by atoms with Crippen LogP contribution >= 0.6 is 0 Å². The van der Waals surface area contributed by atoms with E-state index in [2.05, 4.69) is 4.90 Å². The van der Waals surface area contributed by atoms with Crippen LogP contribution in [0, 0.1) is 0 Å². The number of nitrogens with zero attached hydrogens (tertiary/aromatic N) is 2. The van der Waals surface area contributed by atoms with Crippen LogP contribution in [0.5, 0.6) is 11.5 Å². The average Bonchev–Trinajstić information content (AvgIpc) is 2.62. The molecule has 124 valence electrons. The SMILES string of the molecule is COc1cccc(CC(=O)N2CCN3CCOc4cccc2c43)c1. The zero-order valence-corrected chi connectivity index (χ0v) is 13.7. The van der Waals surface area contributed by atoms with E-state index in [0.29, 0.717) is 19.6 Å². The Kier molecular flexibility index (Phi) is 3.76. The third kappa shape index (κ3) is 2.56. The van der Waals surface area contributed by atoms with E-state index in [1.165, 1.54) is 0 Å². The van der Waals surface area contributed by atoms with Crippen molar-refractivity contribution in [2.75, 3.05) is 43.2 Å². The van der Waals surface area contributed by atoms with E-state index in [1.807, 2.05) is 47.4 Å². The summed E-state index contributed by atoms with van der Waals surface area (Å²) in [5.41, 5.74) is 2.96. The van der Waals surface area contributed by atoms with Gasteiger partial charge in [-0.25, -0.2) is 0 Å². The Hall–Kier alpha value is -2.69. The van der Waals surface area contributed by atoms with Gasteiger partial charge in [-0.15, -0.1) is 0 Å². The van der Waals surface area contributed by atoms with Crippen molar-refractivity contribution in [1.29, 1.82) is 0 Å². The van der Waals surface area contributed by atoms with Crippen molar-refractivity contribution in [2.24, 2.45) is 0 Å². The standard InChI is InChI=1S/C19H20N2O3/c1-23-15-5-2-4-14(12-15)13-18(22)21-9-8-20-10-11-24-17-7-3-6-16(21)19(17)20/h2-7,12H,8-11,13H2,1H3. The second-order valence-electron chi connectivity index (χ2n) is 6.03. The molecular weight excluding hydrogens is 304 g/mol. The topological polar surface area (TPSA) is 42.0 Å². The summed E-state index contributed by atoms with van der Waals surface area (Å²) in [5.74, 6) is 1.75. The highest BCUT2D eigenvalue weighted by molar-refractivity contribution is 6.00. The molecule has 0 bridgehead atoms. The van der Waals surface area contributed by atoms with Crippen molar-refractivity contribution >= 4 is 17.3 Å². The van der Waals surface area contributed by atoms with Crippen LogP contribution in [0.25, 0.3) is 0 Å². The Bertz CT molecular complexity index is 775. The maximum absolute atomic E-state index is 12.9. The third-order valence-electron chi connectivity index (χ3n) is 4.59. The molecule has 0 fully saturated rings. The largest absolute Gasteiger partial charge is 0.497 e. The molecule has 0 aliphatic carbocycles. The smallest absolute Gasteiger partial charge is 0.231 e. The lowest BCUT2D eigenvalue weighted by Crippen LogP contribution is -2.47. The summed E-state index contributed by atoms with van der Waals surface area (Å²) in [5, 5.41) is 0. The van der Waals surface area contributed by atoms with Gasteiger partial charge in [0.1, 0.15) is 23.8 Å². The first-order valence-electron chi connectivity index (χ1n) is 8.20. The molecule has 2 heterocycles. The summed E-state index contributed by atoms with van der Waals surface area (Å²) in [6, 6.07) is 13.6. The molecule has 24 heavy (non-hydrogen) atoms. The number of rotatable bonds is 3. The first-order valence-corrected chi connectivity index (χ1v) is 8.20. The van der Waals surface area contributed by atoms with Crippen molar-refractivity contribution < 1.29 is 14.3 Å². The summed E-state index contributed by atoms with van der Waals surface area (Å²) >= 11 is 0. The molecule has 1 amide bonds. The average molecular weight is 324 g/mol. The van der Waals surface area contributed by atoms with Gasteiger partial charge in [-0.2, -0.15) is 0 Å². The highest BCUT2D eigenvalue weighted by atomic mass is 16.5. The first kappa shape index (κ1) is 14.9. The number of hydrogen-bond acceptors (Lipinski definition) is 4. The lowest BCUT2D eigenvalue weighted by Gasteiger charge is -2.41. The van der Waals surface area contributed by atoms with Crippen LogP contribution in [0.2, 0.25) is 0 Å². The molecule has 2 aliphatic rings. The summed E-state index contributed by atoms with van der Waals surface area (Å²) in [7, 11) is 1.64. The molecule has 0 N–H and O–H groups in total. The second kappa shape index (κ2) is 6.07. The Labute approximate surface area is 141 Å². The van der Waals surface area contributed by atoms with Crippen LogP contribution in [0.1, 0.15) is 5.56 Å². The van der Waals surface area contributed by atoms with Crippen LogP contribution in [0.3, 0.4) is 0 Å². The number of amides is 1. The minimum atomic E-state index is 0.0990. The van der Waals surface area contributed by atoms with Crippen LogP contribution in [0.4, 0.5) is 11.4 Å². The highest BCUT2D eigenvalue weighted by Crippen LogP contribution is 2.42. The van der Waals surface area contributed by atoms with Crippen LogP contribution < -0.4 is 19.3 Å². The van der Waals surface area contributed by atoms with Crippen molar-refractivity contribution in [3.63, 3.8) is 0 Å². The van der Waals surface area contributed by atoms with Crippen molar-refractivity contribution in [3.8, 4) is 11.5 Å². The van der Waals surface area contributed by atoms with Crippen molar-refractivity contribution in [2.45, 2.75) is 6.42 Å². The van der Waals surface area contributed by atoms with E-state index < -0.39 is 0 Å². The number of carbonyl (C=O) groups is 1. The number of anilines is 2. The Morgan fingerprint density at radius 1 is 1.17 bits per heavy atom. The molecule has 2 aliphatic heterocycles. The van der Waals surface area contributed by atoms with Gasteiger partial charge in [0.05, 0.1) is 25.8 Å². The molecule has 0 radical (unpaired) electrons. The molecule has 2 aromatic carbocycles. The fourth-order valence-corrected chi connectivity index (χ4v) is 3.42. The monoisotopic (exact) mass is 324 g/mol. The Morgan fingerprint density at radius 3 is 2.92 bits per heavy atom. The molecule has 5 heteroatoms. The van der Waals surface area contributed by atoms with E-state index in [0.717, 1.165) is 41.5 Å². The van der Waals surface area contributed by atoms with Gasteiger partial charge < -0.3 is 19.3 Å². The first-order chi connectivity index (χ1) is 11.8. The van der Waals surface area contributed by atoms with Gasteiger partial charge in [0, 0.05) is 13.1 Å². The van der Waals surface area contributed by atoms with Gasteiger partial charge in [0.2, 0.25) is 5.91 Å². The van der Waals surface area contributed by atoms with E-state index >= 15 is 0 Å². The summed E-state index contributed by atoms with van der Waals surface area (Å²) in [4.78, 5) is 17.1. The lowest BCUT2D eigenvalue weighted by molar-refractivity contribution is -0.118. The maximum atomic E-state index is 12.9. The number of ether oxygens (including phenoxy) is 2. The molecule has 0 saturated carbocycles. The quantitative estimate of drug-likeness (QED) is 0.870. The lowest BCUT2D eigenvalue weighted by atomic mass is 10.1. The van der Waals surface area contributed by atoms with E-state index in [1.54, 1.807) is 7.11 Å². The van der Waals surface area contributed by atoms with Crippen LogP contribution in [-0.2, 0) is 11.2 Å². The predicted molar refractivity (Wildman–Crippen MR) is 93.2 cm³/mol. The molecule has 0 saturated heterocycles. The van der Waals surface area contributed by atoms with Gasteiger partial charge in [-0.05, 0) is 29.8 Å². The fraction of sp³-hybridized carbons (Fsp3) is 0.316. The number of methoxy groups -OCH3 is 1. The molecule has 0 aromatic heterocycles. The Morgan fingerprint density at radius 2 is 2.04 bits per heavy atom. The zero-order valence-electron chi connectivity index (χ0n) is 13.7. The zero-order chi connectivity index (χ0) is 16.5. The number of para-hydroxylation sites is 1. The molecule has 2 aromatic rings. The third-order valence-corrected chi connectivity index (χ3v) is 4.59. The van der Waals surface area contributed by atoms with Gasteiger partial charge >= 0.3 is 0 Å². The van der Waals surface area contributed by atoms with E-state index in [4.69, 9.17) is 9.47 Å². The predicted octanol–water partition coefficient (Wildman–Crippen LogP) is 2.48. The second-order valence-corrected chi connectivity index (χ2v) is 6.03. The van der Waals surface area contributed by atoms with E-state index in [-0.39, 0.29) is 5.91 Å². The van der Waals surface area contributed by atoms with Gasteiger partial charge in [0.25, 0.3) is 0 Å². The number of hydrogen-bond donors (Lipinski definition) is 0. The summed E-state index contributed by atoms with van der Waals surface area (Å²) < 4.78 is 11.0. The normalized spacial score (nSPS) is 15.5. The highest BCUT2D eigenvalue weighted by Gasteiger charge is 2.31. The van der Waals surface area contributed by atoms with Crippen LogP contribution in [0.15, 0.2) is 42.5 Å².